The molecule has 6 nitrogen and oxygen atoms in total. The van der Waals surface area contributed by atoms with Crippen molar-refractivity contribution in [1.82, 2.24) is 4.98 Å². The molecule has 6 heteroatoms. The Morgan fingerprint density at radius 3 is 2.18 bits per heavy atom. The molecule has 0 aliphatic rings. The van der Waals surface area contributed by atoms with E-state index in [2.05, 4.69) is 15.6 Å². The maximum atomic E-state index is 12.6. The number of benzene rings is 2. The van der Waals surface area contributed by atoms with Crippen molar-refractivity contribution < 1.29 is 14.3 Å². The Morgan fingerprint density at radius 2 is 1.50 bits per heavy atom. The number of ether oxygens (including phenoxy) is 1. The standard InChI is InChI=1S/C22H21N3O3/c1-3-28-20-10-5-4-7-17(20)25-22(27)19-9-6-8-18(24-19)21(26)23-16-13-11-15(2)12-14-16/h4-14H,3H2,1-2H3,(H,23,26)(H,25,27). The van der Waals surface area contributed by atoms with Gasteiger partial charge < -0.3 is 15.4 Å². The second-order valence-corrected chi connectivity index (χ2v) is 6.11. The molecule has 0 atom stereocenters. The monoisotopic (exact) mass is 375 g/mol. The maximum Gasteiger partial charge on any atom is 0.274 e. The zero-order valence-corrected chi connectivity index (χ0v) is 15.7. The Morgan fingerprint density at radius 1 is 0.857 bits per heavy atom. The van der Waals surface area contributed by atoms with Gasteiger partial charge in [-0.2, -0.15) is 0 Å². The predicted molar refractivity (Wildman–Crippen MR) is 109 cm³/mol. The van der Waals surface area contributed by atoms with E-state index in [9.17, 15) is 9.59 Å². The first kappa shape index (κ1) is 19.1. The predicted octanol–water partition coefficient (Wildman–Crippen LogP) is 4.29. The van der Waals surface area contributed by atoms with E-state index in [0.29, 0.717) is 23.7 Å². The molecule has 0 radical (unpaired) electrons. The van der Waals surface area contributed by atoms with E-state index in [0.717, 1.165) is 5.56 Å². The third-order valence-electron chi connectivity index (χ3n) is 3.96. The van der Waals surface area contributed by atoms with E-state index >= 15 is 0 Å². The molecule has 0 aliphatic heterocycles. The summed E-state index contributed by atoms with van der Waals surface area (Å²) in [4.78, 5) is 29.2. The lowest BCUT2D eigenvalue weighted by Gasteiger charge is -2.11. The van der Waals surface area contributed by atoms with E-state index in [4.69, 9.17) is 4.74 Å². The fraction of sp³-hybridized carbons (Fsp3) is 0.136. The summed E-state index contributed by atoms with van der Waals surface area (Å²) in [6, 6.07) is 19.3. The number of aryl methyl sites for hydroxylation is 1. The molecule has 1 aromatic heterocycles. The minimum Gasteiger partial charge on any atom is -0.492 e. The Balaban J connectivity index is 1.74. The number of nitrogens with zero attached hydrogens (tertiary/aromatic N) is 1. The number of carbonyl (C=O) groups excluding carboxylic acids is 2. The minimum atomic E-state index is -0.419. The Kier molecular flexibility index (Phi) is 6.01. The minimum absolute atomic E-state index is 0.142. The molecule has 0 bridgehead atoms. The summed E-state index contributed by atoms with van der Waals surface area (Å²) in [6.07, 6.45) is 0. The quantitative estimate of drug-likeness (QED) is 0.673. The highest BCUT2D eigenvalue weighted by molar-refractivity contribution is 6.06. The molecule has 0 fully saturated rings. The van der Waals surface area contributed by atoms with Crippen molar-refractivity contribution in [2.24, 2.45) is 0 Å². The van der Waals surface area contributed by atoms with Crippen molar-refractivity contribution in [2.75, 3.05) is 17.2 Å². The van der Waals surface area contributed by atoms with Gasteiger partial charge in [-0.1, -0.05) is 35.9 Å². The molecule has 2 N–H and O–H groups in total. The molecule has 0 aliphatic carbocycles. The molecule has 0 unspecified atom stereocenters. The summed E-state index contributed by atoms with van der Waals surface area (Å²) in [5.74, 6) is -0.225. The van der Waals surface area contributed by atoms with Gasteiger partial charge in [-0.15, -0.1) is 0 Å². The fourth-order valence-corrected chi connectivity index (χ4v) is 2.56. The van der Waals surface area contributed by atoms with E-state index in [1.165, 1.54) is 0 Å². The molecule has 3 aromatic rings. The van der Waals surface area contributed by atoms with Crippen molar-refractivity contribution in [1.29, 1.82) is 0 Å². The Labute approximate surface area is 163 Å². The van der Waals surface area contributed by atoms with Crippen molar-refractivity contribution in [3.63, 3.8) is 0 Å². The van der Waals surface area contributed by atoms with Crippen LogP contribution in [0.2, 0.25) is 0 Å². The smallest absolute Gasteiger partial charge is 0.274 e. The van der Waals surface area contributed by atoms with Crippen LogP contribution in [0.15, 0.2) is 66.7 Å². The number of amides is 2. The molecule has 142 valence electrons. The van der Waals surface area contributed by atoms with Crippen LogP contribution in [0.3, 0.4) is 0 Å². The second kappa shape index (κ2) is 8.81. The van der Waals surface area contributed by atoms with Gasteiger partial charge >= 0.3 is 0 Å². The lowest BCUT2D eigenvalue weighted by atomic mass is 10.2. The number of hydrogen-bond acceptors (Lipinski definition) is 4. The van der Waals surface area contributed by atoms with E-state index < -0.39 is 5.91 Å². The number of hydrogen-bond donors (Lipinski definition) is 2. The number of nitrogens with one attached hydrogen (secondary N) is 2. The van der Waals surface area contributed by atoms with Crippen molar-refractivity contribution >= 4 is 23.2 Å². The summed E-state index contributed by atoms with van der Waals surface area (Å²) in [5.41, 5.74) is 2.61. The van der Waals surface area contributed by atoms with Gasteiger partial charge in [-0.05, 0) is 50.2 Å². The highest BCUT2D eigenvalue weighted by atomic mass is 16.5. The second-order valence-electron chi connectivity index (χ2n) is 6.11. The van der Waals surface area contributed by atoms with Crippen molar-refractivity contribution in [2.45, 2.75) is 13.8 Å². The Bertz CT molecular complexity index is 984. The molecule has 0 saturated carbocycles. The highest BCUT2D eigenvalue weighted by Crippen LogP contribution is 2.24. The summed E-state index contributed by atoms with van der Waals surface area (Å²) in [6.45, 7) is 4.33. The van der Waals surface area contributed by atoms with Gasteiger partial charge in [0.15, 0.2) is 0 Å². The van der Waals surface area contributed by atoms with Crippen LogP contribution in [-0.4, -0.2) is 23.4 Å². The molecule has 0 saturated heterocycles. The van der Waals surface area contributed by atoms with Crippen molar-refractivity contribution in [3.05, 3.63) is 83.7 Å². The topological polar surface area (TPSA) is 80.3 Å². The normalized spacial score (nSPS) is 10.2. The van der Waals surface area contributed by atoms with Crippen LogP contribution >= 0.6 is 0 Å². The van der Waals surface area contributed by atoms with Gasteiger partial charge in [0, 0.05) is 5.69 Å². The molecule has 2 aromatic carbocycles. The molecule has 28 heavy (non-hydrogen) atoms. The molecule has 0 spiro atoms. The third-order valence-corrected chi connectivity index (χ3v) is 3.96. The van der Waals surface area contributed by atoms with E-state index in [1.54, 1.807) is 36.4 Å². The zero-order chi connectivity index (χ0) is 19.9. The largest absolute Gasteiger partial charge is 0.492 e. The summed E-state index contributed by atoms with van der Waals surface area (Å²) in [7, 11) is 0. The van der Waals surface area contributed by atoms with Gasteiger partial charge in [0.05, 0.1) is 12.3 Å². The molecular formula is C22H21N3O3. The maximum absolute atomic E-state index is 12.6. The SMILES string of the molecule is CCOc1ccccc1NC(=O)c1cccc(C(=O)Nc2ccc(C)cc2)n1. The van der Waals surface area contributed by atoms with Crippen LogP contribution in [0, 0.1) is 6.92 Å². The van der Waals surface area contributed by atoms with Crippen LogP contribution in [0.5, 0.6) is 5.75 Å². The average Bonchev–Trinajstić information content (AvgIpc) is 2.71. The van der Waals surface area contributed by atoms with Gasteiger partial charge in [0.2, 0.25) is 0 Å². The van der Waals surface area contributed by atoms with Crippen LogP contribution in [0.25, 0.3) is 0 Å². The first-order chi connectivity index (χ1) is 13.6. The van der Waals surface area contributed by atoms with Crippen LogP contribution in [0.1, 0.15) is 33.5 Å². The van der Waals surface area contributed by atoms with Gasteiger partial charge in [0.1, 0.15) is 17.1 Å². The summed E-state index contributed by atoms with van der Waals surface area (Å²) >= 11 is 0. The number of para-hydroxylation sites is 2. The molecule has 1 heterocycles. The molecular weight excluding hydrogens is 354 g/mol. The number of anilines is 2. The van der Waals surface area contributed by atoms with Gasteiger partial charge in [-0.3, -0.25) is 9.59 Å². The van der Waals surface area contributed by atoms with Crippen molar-refractivity contribution in [3.8, 4) is 5.75 Å². The third kappa shape index (κ3) is 4.73. The number of rotatable bonds is 6. The number of pyridine rings is 1. The lowest BCUT2D eigenvalue weighted by molar-refractivity contribution is 0.101. The zero-order valence-electron chi connectivity index (χ0n) is 15.7. The summed E-state index contributed by atoms with van der Waals surface area (Å²) < 4.78 is 5.51. The highest BCUT2D eigenvalue weighted by Gasteiger charge is 2.14. The van der Waals surface area contributed by atoms with Crippen LogP contribution < -0.4 is 15.4 Å². The summed E-state index contributed by atoms with van der Waals surface area (Å²) in [5, 5.41) is 5.55. The van der Waals surface area contributed by atoms with E-state index in [-0.39, 0.29) is 17.3 Å². The van der Waals surface area contributed by atoms with E-state index in [1.807, 2.05) is 44.2 Å². The average molecular weight is 375 g/mol. The number of aromatic nitrogens is 1. The Hall–Kier alpha value is -3.67. The van der Waals surface area contributed by atoms with Crippen LogP contribution in [0.4, 0.5) is 11.4 Å². The molecule has 3 rings (SSSR count). The number of carbonyl (C=O) groups is 2. The molecule has 2 amide bonds. The first-order valence-corrected chi connectivity index (χ1v) is 8.95. The van der Waals surface area contributed by atoms with Gasteiger partial charge in [0.25, 0.3) is 11.8 Å². The fourth-order valence-electron chi connectivity index (χ4n) is 2.56. The lowest BCUT2D eigenvalue weighted by Crippen LogP contribution is -2.18. The van der Waals surface area contributed by atoms with Crippen LogP contribution in [-0.2, 0) is 0 Å². The van der Waals surface area contributed by atoms with Gasteiger partial charge in [-0.25, -0.2) is 4.98 Å². The first-order valence-electron chi connectivity index (χ1n) is 8.95.